The van der Waals surface area contributed by atoms with Crippen molar-refractivity contribution in [1.82, 2.24) is 10.3 Å². The monoisotopic (exact) mass is 346 g/mol. The summed E-state index contributed by atoms with van der Waals surface area (Å²) in [6, 6.07) is 5.89. The van der Waals surface area contributed by atoms with Crippen molar-refractivity contribution in [2.75, 3.05) is 7.11 Å². The third-order valence-corrected chi connectivity index (χ3v) is 3.79. The average molecular weight is 346 g/mol. The fourth-order valence-electron chi connectivity index (χ4n) is 2.59. The number of nitrogens with one attached hydrogen (secondary N) is 2. The number of carbonyl (C=O) groups is 3. The third-order valence-electron chi connectivity index (χ3n) is 3.79. The van der Waals surface area contributed by atoms with Crippen LogP contribution in [0.3, 0.4) is 0 Å². The molecule has 0 unspecified atom stereocenters. The van der Waals surface area contributed by atoms with Crippen LogP contribution in [0.25, 0.3) is 0 Å². The van der Waals surface area contributed by atoms with Crippen LogP contribution in [0.2, 0.25) is 0 Å². The van der Waals surface area contributed by atoms with E-state index in [1.54, 1.807) is 19.1 Å². The first-order valence-electron chi connectivity index (χ1n) is 7.65. The minimum absolute atomic E-state index is 0.131. The van der Waals surface area contributed by atoms with Gasteiger partial charge in [0.2, 0.25) is 5.91 Å². The summed E-state index contributed by atoms with van der Waals surface area (Å²) in [4.78, 5) is 38.6. The van der Waals surface area contributed by atoms with E-state index in [1.807, 2.05) is 0 Å². The number of methoxy groups -OCH3 is 1. The second kappa shape index (κ2) is 7.74. The molecular formula is C18H19FN2O4. The van der Waals surface area contributed by atoms with Gasteiger partial charge in [-0.2, -0.15) is 0 Å². The van der Waals surface area contributed by atoms with E-state index in [4.69, 9.17) is 4.74 Å². The van der Waals surface area contributed by atoms with Gasteiger partial charge in [0.05, 0.1) is 24.8 Å². The Morgan fingerprint density at radius 3 is 2.60 bits per heavy atom. The summed E-state index contributed by atoms with van der Waals surface area (Å²) in [5.74, 6) is -1.61. The van der Waals surface area contributed by atoms with Crippen LogP contribution in [0.1, 0.15) is 44.6 Å². The Morgan fingerprint density at radius 2 is 2.00 bits per heavy atom. The summed E-state index contributed by atoms with van der Waals surface area (Å²) in [5, 5.41) is 2.65. The SMILES string of the molecule is COC(=O)c1c(CC(=O)NCc2cccc(F)c2)[nH]c(C(C)=O)c1C. The molecule has 0 spiro atoms. The zero-order chi connectivity index (χ0) is 18.6. The summed E-state index contributed by atoms with van der Waals surface area (Å²) in [5.41, 5.74) is 1.84. The maximum absolute atomic E-state index is 13.1. The van der Waals surface area contributed by atoms with Gasteiger partial charge in [-0.3, -0.25) is 9.59 Å². The van der Waals surface area contributed by atoms with Crippen molar-refractivity contribution in [3.05, 3.63) is 58.2 Å². The Bertz CT molecular complexity index is 826. The normalized spacial score (nSPS) is 10.4. The lowest BCUT2D eigenvalue weighted by atomic mass is 10.1. The topological polar surface area (TPSA) is 88.3 Å². The number of hydrogen-bond acceptors (Lipinski definition) is 4. The molecule has 1 aromatic heterocycles. The highest BCUT2D eigenvalue weighted by Gasteiger charge is 2.24. The molecule has 0 fully saturated rings. The summed E-state index contributed by atoms with van der Waals surface area (Å²) in [6.45, 7) is 3.14. The molecule has 0 bridgehead atoms. The molecule has 0 saturated carbocycles. The van der Waals surface area contributed by atoms with Gasteiger partial charge in [-0.15, -0.1) is 0 Å². The minimum Gasteiger partial charge on any atom is -0.465 e. The minimum atomic E-state index is -0.616. The molecule has 0 radical (unpaired) electrons. The lowest BCUT2D eigenvalue weighted by Crippen LogP contribution is -2.25. The van der Waals surface area contributed by atoms with Crippen molar-refractivity contribution in [3.8, 4) is 0 Å². The quantitative estimate of drug-likeness (QED) is 0.621. The number of aromatic nitrogens is 1. The van der Waals surface area contributed by atoms with E-state index in [0.29, 0.717) is 16.8 Å². The number of carbonyl (C=O) groups excluding carboxylic acids is 3. The van der Waals surface area contributed by atoms with Crippen molar-refractivity contribution >= 4 is 17.7 Å². The highest BCUT2D eigenvalue weighted by molar-refractivity contribution is 6.01. The molecule has 0 aliphatic carbocycles. The van der Waals surface area contributed by atoms with Gasteiger partial charge in [-0.05, 0) is 30.2 Å². The smallest absolute Gasteiger partial charge is 0.339 e. The van der Waals surface area contributed by atoms with Gasteiger partial charge < -0.3 is 15.0 Å². The van der Waals surface area contributed by atoms with Crippen molar-refractivity contribution in [2.45, 2.75) is 26.8 Å². The van der Waals surface area contributed by atoms with E-state index in [-0.39, 0.29) is 41.7 Å². The average Bonchev–Trinajstić information content (AvgIpc) is 2.89. The molecular weight excluding hydrogens is 327 g/mol. The number of ether oxygens (including phenoxy) is 1. The summed E-state index contributed by atoms with van der Waals surface area (Å²) >= 11 is 0. The molecule has 0 aliphatic rings. The van der Waals surface area contributed by atoms with E-state index in [9.17, 15) is 18.8 Å². The van der Waals surface area contributed by atoms with Crippen LogP contribution in [0.15, 0.2) is 24.3 Å². The molecule has 0 aliphatic heterocycles. The lowest BCUT2D eigenvalue weighted by molar-refractivity contribution is -0.120. The fourth-order valence-corrected chi connectivity index (χ4v) is 2.59. The van der Waals surface area contributed by atoms with Gasteiger partial charge in [-0.25, -0.2) is 9.18 Å². The summed E-state index contributed by atoms with van der Waals surface area (Å²) in [7, 11) is 1.23. The lowest BCUT2D eigenvalue weighted by Gasteiger charge is -2.06. The van der Waals surface area contributed by atoms with Gasteiger partial charge in [0, 0.05) is 19.2 Å². The summed E-state index contributed by atoms with van der Waals surface area (Å²) in [6.07, 6.45) is -0.131. The van der Waals surface area contributed by atoms with Crippen LogP contribution in [-0.2, 0) is 22.5 Å². The van der Waals surface area contributed by atoms with Crippen molar-refractivity contribution in [2.24, 2.45) is 0 Å². The number of H-pyrrole nitrogens is 1. The first-order valence-corrected chi connectivity index (χ1v) is 7.65. The molecule has 7 heteroatoms. The third kappa shape index (κ3) is 4.32. The number of ketones is 1. The van der Waals surface area contributed by atoms with Crippen molar-refractivity contribution in [3.63, 3.8) is 0 Å². The molecule has 1 amide bonds. The molecule has 1 aromatic carbocycles. The van der Waals surface area contributed by atoms with E-state index < -0.39 is 5.97 Å². The molecule has 2 N–H and O–H groups in total. The predicted molar refractivity (Wildman–Crippen MR) is 88.8 cm³/mol. The van der Waals surface area contributed by atoms with Gasteiger partial charge in [0.25, 0.3) is 0 Å². The van der Waals surface area contributed by atoms with Crippen LogP contribution in [0, 0.1) is 12.7 Å². The van der Waals surface area contributed by atoms with Gasteiger partial charge in [-0.1, -0.05) is 12.1 Å². The van der Waals surface area contributed by atoms with E-state index in [0.717, 1.165) is 0 Å². The van der Waals surface area contributed by atoms with Gasteiger partial charge in [0.15, 0.2) is 5.78 Å². The zero-order valence-electron chi connectivity index (χ0n) is 14.2. The molecule has 2 rings (SSSR count). The maximum Gasteiger partial charge on any atom is 0.339 e. The number of esters is 1. The molecule has 0 saturated heterocycles. The van der Waals surface area contributed by atoms with E-state index in [1.165, 1.54) is 26.2 Å². The van der Waals surface area contributed by atoms with Crippen LogP contribution in [0.5, 0.6) is 0 Å². The number of hydrogen-bond donors (Lipinski definition) is 2. The number of amides is 1. The first-order chi connectivity index (χ1) is 11.8. The Kier molecular flexibility index (Phi) is 5.69. The second-order valence-corrected chi connectivity index (χ2v) is 5.61. The fraction of sp³-hybridized carbons (Fsp3) is 0.278. The number of aromatic amines is 1. The molecule has 6 nitrogen and oxygen atoms in total. The van der Waals surface area contributed by atoms with Crippen LogP contribution in [0.4, 0.5) is 4.39 Å². The zero-order valence-corrected chi connectivity index (χ0v) is 14.2. The number of halogens is 1. The predicted octanol–water partition coefficient (Wildman–Crippen LogP) is 2.31. The van der Waals surface area contributed by atoms with Crippen LogP contribution < -0.4 is 5.32 Å². The largest absolute Gasteiger partial charge is 0.465 e. The maximum atomic E-state index is 13.1. The van der Waals surface area contributed by atoms with Crippen molar-refractivity contribution in [1.29, 1.82) is 0 Å². The Morgan fingerprint density at radius 1 is 1.28 bits per heavy atom. The standard InChI is InChI=1S/C18H19FN2O4/c1-10-16(18(24)25-3)14(21-17(10)11(2)22)8-15(23)20-9-12-5-4-6-13(19)7-12/h4-7,21H,8-9H2,1-3H3,(H,20,23). The number of benzene rings is 1. The molecule has 1 heterocycles. The highest BCUT2D eigenvalue weighted by atomic mass is 19.1. The molecule has 2 aromatic rings. The second-order valence-electron chi connectivity index (χ2n) is 5.61. The molecule has 0 atom stereocenters. The van der Waals surface area contributed by atoms with Gasteiger partial charge in [0.1, 0.15) is 5.82 Å². The Balaban J connectivity index is 2.15. The van der Waals surface area contributed by atoms with Gasteiger partial charge >= 0.3 is 5.97 Å². The van der Waals surface area contributed by atoms with E-state index in [2.05, 4.69) is 10.3 Å². The Labute approximate surface area is 144 Å². The number of Topliss-reactive ketones (excluding diaryl/α,β-unsaturated/α-hetero) is 1. The Hall–Kier alpha value is -2.96. The number of rotatable bonds is 6. The van der Waals surface area contributed by atoms with Crippen LogP contribution >= 0.6 is 0 Å². The van der Waals surface area contributed by atoms with E-state index >= 15 is 0 Å². The molecule has 25 heavy (non-hydrogen) atoms. The van der Waals surface area contributed by atoms with Crippen LogP contribution in [-0.4, -0.2) is 29.8 Å². The highest BCUT2D eigenvalue weighted by Crippen LogP contribution is 2.20. The first kappa shape index (κ1) is 18.4. The summed E-state index contributed by atoms with van der Waals surface area (Å²) < 4.78 is 17.9. The van der Waals surface area contributed by atoms with Crippen molar-refractivity contribution < 1.29 is 23.5 Å². The molecule has 132 valence electrons.